The third-order valence-electron chi connectivity index (χ3n) is 2.87. The van der Waals surface area contributed by atoms with E-state index in [1.54, 1.807) is 19.2 Å². The van der Waals surface area contributed by atoms with E-state index in [0.29, 0.717) is 0 Å². The van der Waals surface area contributed by atoms with Crippen LogP contribution in [0.5, 0.6) is 0 Å². The minimum absolute atomic E-state index is 0.233. The summed E-state index contributed by atoms with van der Waals surface area (Å²) in [4.78, 5) is 28.3. The van der Waals surface area contributed by atoms with Gasteiger partial charge in [0.2, 0.25) is 0 Å². The van der Waals surface area contributed by atoms with Crippen LogP contribution < -0.4 is 4.90 Å². The van der Waals surface area contributed by atoms with Crippen molar-refractivity contribution in [3.8, 4) is 0 Å². The SMILES string of the molecule is COC(=O)c1cccnc1N(C)C(C)(C)C(=O)O. The molecule has 0 spiro atoms. The van der Waals surface area contributed by atoms with Gasteiger partial charge >= 0.3 is 11.9 Å². The van der Waals surface area contributed by atoms with Gasteiger partial charge in [0.25, 0.3) is 0 Å². The van der Waals surface area contributed by atoms with E-state index in [0.717, 1.165) is 0 Å². The number of carbonyl (C=O) groups is 2. The molecule has 0 bridgehead atoms. The first-order valence-corrected chi connectivity index (χ1v) is 5.33. The van der Waals surface area contributed by atoms with Gasteiger partial charge in [-0.25, -0.2) is 14.6 Å². The number of pyridine rings is 1. The zero-order valence-electron chi connectivity index (χ0n) is 10.8. The van der Waals surface area contributed by atoms with Crippen LogP contribution in [0.15, 0.2) is 18.3 Å². The van der Waals surface area contributed by atoms with Crippen LogP contribution in [0.2, 0.25) is 0 Å². The molecule has 0 aliphatic carbocycles. The summed E-state index contributed by atoms with van der Waals surface area (Å²) in [5, 5.41) is 9.17. The Hall–Kier alpha value is -2.11. The number of hydrogen-bond donors (Lipinski definition) is 1. The van der Waals surface area contributed by atoms with Crippen molar-refractivity contribution in [1.82, 2.24) is 4.98 Å². The average Bonchev–Trinajstić information content (AvgIpc) is 2.36. The predicted octanol–water partition coefficient (Wildman–Crippen LogP) is 1.17. The molecule has 0 fully saturated rings. The maximum absolute atomic E-state index is 11.6. The first-order valence-electron chi connectivity index (χ1n) is 5.33. The maximum Gasteiger partial charge on any atom is 0.341 e. The molecule has 0 unspecified atom stereocenters. The highest BCUT2D eigenvalue weighted by Crippen LogP contribution is 2.24. The molecule has 0 saturated carbocycles. The molecular weight excluding hydrogens is 236 g/mol. The Morgan fingerprint density at radius 3 is 2.56 bits per heavy atom. The van der Waals surface area contributed by atoms with E-state index < -0.39 is 17.5 Å². The van der Waals surface area contributed by atoms with Crippen LogP contribution in [-0.4, -0.2) is 41.7 Å². The van der Waals surface area contributed by atoms with Gasteiger partial charge in [-0.15, -0.1) is 0 Å². The summed E-state index contributed by atoms with van der Waals surface area (Å²) in [6, 6.07) is 3.14. The highest BCUT2D eigenvalue weighted by Gasteiger charge is 2.34. The summed E-state index contributed by atoms with van der Waals surface area (Å²) in [5.74, 6) is -1.28. The maximum atomic E-state index is 11.6. The topological polar surface area (TPSA) is 79.7 Å². The lowest BCUT2D eigenvalue weighted by Crippen LogP contribution is -2.49. The Kier molecular flexibility index (Phi) is 3.90. The van der Waals surface area contributed by atoms with E-state index in [-0.39, 0.29) is 11.4 Å². The van der Waals surface area contributed by atoms with Gasteiger partial charge in [-0.05, 0) is 26.0 Å². The van der Waals surface area contributed by atoms with Gasteiger partial charge < -0.3 is 14.7 Å². The summed E-state index contributed by atoms with van der Waals surface area (Å²) < 4.78 is 4.65. The second-order valence-electron chi connectivity index (χ2n) is 4.29. The van der Waals surface area contributed by atoms with Crippen LogP contribution >= 0.6 is 0 Å². The lowest BCUT2D eigenvalue weighted by Gasteiger charge is -2.33. The largest absolute Gasteiger partial charge is 0.480 e. The summed E-state index contributed by atoms with van der Waals surface area (Å²) >= 11 is 0. The summed E-state index contributed by atoms with van der Waals surface area (Å²) in [7, 11) is 2.84. The first-order chi connectivity index (χ1) is 8.32. The second-order valence-corrected chi connectivity index (χ2v) is 4.29. The van der Waals surface area contributed by atoms with Gasteiger partial charge in [0.15, 0.2) is 0 Å². The number of hydrogen-bond acceptors (Lipinski definition) is 5. The van der Waals surface area contributed by atoms with Crippen LogP contribution in [0.25, 0.3) is 0 Å². The smallest absolute Gasteiger partial charge is 0.341 e. The number of anilines is 1. The van der Waals surface area contributed by atoms with Crippen molar-refractivity contribution in [3.63, 3.8) is 0 Å². The van der Waals surface area contributed by atoms with Gasteiger partial charge in [0, 0.05) is 13.2 Å². The Balaban J connectivity index is 3.25. The van der Waals surface area contributed by atoms with Crippen LogP contribution in [0.3, 0.4) is 0 Å². The molecular formula is C12H16N2O4. The molecule has 0 aromatic carbocycles. The molecule has 0 atom stereocenters. The normalized spacial score (nSPS) is 10.9. The number of rotatable bonds is 4. The highest BCUT2D eigenvalue weighted by atomic mass is 16.5. The quantitative estimate of drug-likeness (QED) is 0.810. The van der Waals surface area contributed by atoms with Crippen LogP contribution in [-0.2, 0) is 9.53 Å². The fraction of sp³-hybridized carbons (Fsp3) is 0.417. The van der Waals surface area contributed by atoms with Crippen LogP contribution in [0.4, 0.5) is 5.82 Å². The number of carboxylic acids is 1. The molecule has 18 heavy (non-hydrogen) atoms. The number of carbonyl (C=O) groups excluding carboxylic acids is 1. The number of carboxylic acid groups (broad SMARTS) is 1. The number of nitrogens with zero attached hydrogens (tertiary/aromatic N) is 2. The zero-order chi connectivity index (χ0) is 13.9. The molecule has 0 radical (unpaired) electrons. The van der Waals surface area contributed by atoms with Crippen molar-refractivity contribution in [3.05, 3.63) is 23.9 Å². The molecule has 1 N–H and O–H groups in total. The summed E-state index contributed by atoms with van der Waals surface area (Å²) in [6.07, 6.45) is 1.50. The summed E-state index contributed by atoms with van der Waals surface area (Å²) in [5.41, 5.74) is -0.950. The number of aliphatic carboxylic acids is 1. The third kappa shape index (κ3) is 2.42. The molecule has 1 rings (SSSR count). The predicted molar refractivity (Wildman–Crippen MR) is 65.7 cm³/mol. The van der Waals surface area contributed by atoms with Gasteiger partial charge in [-0.2, -0.15) is 0 Å². The van der Waals surface area contributed by atoms with E-state index in [4.69, 9.17) is 0 Å². The van der Waals surface area contributed by atoms with Crippen molar-refractivity contribution in [2.45, 2.75) is 19.4 Å². The molecule has 1 heterocycles. The molecule has 0 amide bonds. The van der Waals surface area contributed by atoms with Crippen LogP contribution in [0.1, 0.15) is 24.2 Å². The zero-order valence-corrected chi connectivity index (χ0v) is 10.8. The van der Waals surface area contributed by atoms with E-state index in [1.807, 2.05) is 0 Å². The number of esters is 1. The molecule has 6 nitrogen and oxygen atoms in total. The molecule has 0 aliphatic rings. The van der Waals surface area contributed by atoms with Gasteiger partial charge in [-0.1, -0.05) is 0 Å². The molecule has 0 saturated heterocycles. The Labute approximate surface area is 105 Å². The Morgan fingerprint density at radius 2 is 2.06 bits per heavy atom. The van der Waals surface area contributed by atoms with E-state index in [9.17, 15) is 14.7 Å². The number of likely N-dealkylation sites (N-methyl/N-ethyl adjacent to an activating group) is 1. The molecule has 1 aromatic rings. The Bertz CT molecular complexity index is 471. The van der Waals surface area contributed by atoms with E-state index in [1.165, 1.54) is 32.1 Å². The fourth-order valence-corrected chi connectivity index (χ4v) is 1.34. The monoisotopic (exact) mass is 252 g/mol. The Morgan fingerprint density at radius 1 is 1.44 bits per heavy atom. The van der Waals surface area contributed by atoms with Crippen molar-refractivity contribution in [2.75, 3.05) is 19.1 Å². The number of ether oxygens (including phenoxy) is 1. The molecule has 98 valence electrons. The summed E-state index contributed by atoms with van der Waals surface area (Å²) in [6.45, 7) is 3.07. The molecule has 1 aromatic heterocycles. The minimum atomic E-state index is -1.18. The van der Waals surface area contributed by atoms with Crippen molar-refractivity contribution >= 4 is 17.8 Å². The van der Waals surface area contributed by atoms with Gasteiger partial charge in [-0.3, -0.25) is 0 Å². The fourth-order valence-electron chi connectivity index (χ4n) is 1.34. The standard InChI is InChI=1S/C12H16N2O4/c1-12(2,11(16)17)14(3)9-8(10(15)18-4)6-5-7-13-9/h5-7H,1-4H3,(H,16,17). The lowest BCUT2D eigenvalue weighted by molar-refractivity contribution is -0.142. The van der Waals surface area contributed by atoms with Gasteiger partial charge in [0.05, 0.1) is 7.11 Å². The average molecular weight is 252 g/mol. The molecule has 6 heteroatoms. The van der Waals surface area contributed by atoms with Crippen LogP contribution in [0, 0.1) is 0 Å². The lowest BCUT2D eigenvalue weighted by atomic mass is 10.0. The van der Waals surface area contributed by atoms with Crippen molar-refractivity contribution < 1.29 is 19.4 Å². The van der Waals surface area contributed by atoms with Crippen molar-refractivity contribution in [2.24, 2.45) is 0 Å². The number of methoxy groups -OCH3 is 1. The second kappa shape index (κ2) is 5.03. The van der Waals surface area contributed by atoms with Crippen molar-refractivity contribution in [1.29, 1.82) is 0 Å². The highest BCUT2D eigenvalue weighted by molar-refractivity contribution is 5.96. The third-order valence-corrected chi connectivity index (χ3v) is 2.87. The minimum Gasteiger partial charge on any atom is -0.480 e. The van der Waals surface area contributed by atoms with Gasteiger partial charge in [0.1, 0.15) is 16.9 Å². The first kappa shape index (κ1) is 14.0. The van der Waals surface area contributed by atoms with E-state index in [2.05, 4.69) is 9.72 Å². The number of aromatic nitrogens is 1. The van der Waals surface area contributed by atoms with E-state index >= 15 is 0 Å². The molecule has 0 aliphatic heterocycles.